The van der Waals surface area contributed by atoms with Gasteiger partial charge in [-0.05, 0) is 30.7 Å². The second-order valence-electron chi connectivity index (χ2n) is 4.90. The fraction of sp³-hybridized carbons (Fsp3) is 0.429. The molecule has 0 amide bonds. The van der Waals surface area contributed by atoms with E-state index in [0.29, 0.717) is 24.7 Å². The molecule has 1 saturated heterocycles. The lowest BCUT2D eigenvalue weighted by Crippen LogP contribution is -2.42. The number of nitrogens with zero attached hydrogens (tertiary/aromatic N) is 2. The van der Waals surface area contributed by atoms with Crippen LogP contribution in [-0.4, -0.2) is 35.9 Å². The van der Waals surface area contributed by atoms with Crippen LogP contribution in [-0.2, 0) is 11.2 Å². The number of ether oxygens (including phenoxy) is 1. The van der Waals surface area contributed by atoms with Crippen molar-refractivity contribution >= 4 is 0 Å². The molecule has 1 aliphatic heterocycles. The molecule has 1 unspecified atom stereocenters. The predicted molar refractivity (Wildman–Crippen MR) is 70.7 cm³/mol. The maximum absolute atomic E-state index is 13.1. The van der Waals surface area contributed by atoms with Crippen LogP contribution in [0.4, 0.5) is 4.39 Å². The highest BCUT2D eigenvalue weighted by Crippen LogP contribution is 2.21. The van der Waals surface area contributed by atoms with Gasteiger partial charge in [0.15, 0.2) is 0 Å². The first-order chi connectivity index (χ1) is 9.72. The van der Waals surface area contributed by atoms with Crippen LogP contribution in [0.2, 0.25) is 0 Å². The van der Waals surface area contributed by atoms with E-state index in [4.69, 9.17) is 9.26 Å². The monoisotopic (exact) mass is 277 g/mol. The number of hydrogen-bond donors (Lipinski definition) is 1. The summed E-state index contributed by atoms with van der Waals surface area (Å²) in [4.78, 5) is 4.37. The molecule has 5 nitrogen and oxygen atoms in total. The maximum Gasteiger partial charge on any atom is 0.228 e. The number of aromatic nitrogens is 2. The summed E-state index contributed by atoms with van der Waals surface area (Å²) in [5, 5.41) is 7.30. The largest absolute Gasteiger partial charge is 0.378 e. The second-order valence-corrected chi connectivity index (χ2v) is 4.90. The smallest absolute Gasteiger partial charge is 0.228 e. The fourth-order valence-corrected chi connectivity index (χ4v) is 2.29. The molecule has 0 radical (unpaired) electrons. The van der Waals surface area contributed by atoms with E-state index in [1.165, 1.54) is 12.1 Å². The van der Waals surface area contributed by atoms with E-state index in [9.17, 15) is 4.39 Å². The normalized spacial score (nSPS) is 19.2. The van der Waals surface area contributed by atoms with Crippen LogP contribution in [0.25, 0.3) is 11.4 Å². The Labute approximate surface area is 116 Å². The Morgan fingerprint density at radius 1 is 1.45 bits per heavy atom. The van der Waals surface area contributed by atoms with E-state index < -0.39 is 0 Å². The molecule has 20 heavy (non-hydrogen) atoms. The van der Waals surface area contributed by atoms with Crippen molar-refractivity contribution in [1.29, 1.82) is 0 Å². The van der Waals surface area contributed by atoms with Crippen molar-refractivity contribution in [3.63, 3.8) is 0 Å². The molecular weight excluding hydrogens is 261 g/mol. The molecule has 1 atom stereocenters. The van der Waals surface area contributed by atoms with Crippen LogP contribution in [0.5, 0.6) is 0 Å². The van der Waals surface area contributed by atoms with Gasteiger partial charge in [-0.3, -0.25) is 0 Å². The minimum atomic E-state index is -0.265. The zero-order valence-corrected chi connectivity index (χ0v) is 11.2. The minimum absolute atomic E-state index is 0.200. The average Bonchev–Trinajstić information content (AvgIpc) is 2.88. The summed E-state index contributed by atoms with van der Waals surface area (Å²) in [5.41, 5.74) is 1.57. The van der Waals surface area contributed by atoms with Gasteiger partial charge in [-0.1, -0.05) is 5.16 Å². The molecule has 0 bridgehead atoms. The molecule has 1 aliphatic rings. The van der Waals surface area contributed by atoms with Crippen LogP contribution in [0.3, 0.4) is 0 Å². The lowest BCUT2D eigenvalue weighted by atomic mass is 10.1. The fourth-order valence-electron chi connectivity index (χ4n) is 2.29. The molecule has 1 aromatic heterocycles. The van der Waals surface area contributed by atoms with Crippen molar-refractivity contribution in [2.24, 2.45) is 0 Å². The van der Waals surface area contributed by atoms with Crippen molar-refractivity contribution in [3.8, 4) is 11.4 Å². The second kappa shape index (κ2) is 5.68. The molecule has 0 aliphatic carbocycles. The number of aryl methyl sites for hydroxylation is 1. The summed E-state index contributed by atoms with van der Waals surface area (Å²) in [6.45, 7) is 4.04. The molecule has 2 heterocycles. The molecule has 106 valence electrons. The van der Waals surface area contributed by atoms with Gasteiger partial charge < -0.3 is 14.6 Å². The Kier molecular flexibility index (Phi) is 3.75. The maximum atomic E-state index is 13.1. The van der Waals surface area contributed by atoms with Crippen molar-refractivity contribution < 1.29 is 13.7 Å². The van der Waals surface area contributed by atoms with Gasteiger partial charge in [0, 0.05) is 24.6 Å². The number of benzene rings is 1. The summed E-state index contributed by atoms with van der Waals surface area (Å²) in [6.07, 6.45) is 0.632. The van der Waals surface area contributed by atoms with E-state index in [0.717, 1.165) is 24.3 Å². The molecular formula is C14H16FN3O2. The zero-order chi connectivity index (χ0) is 13.9. The number of hydrogen-bond acceptors (Lipinski definition) is 5. The Hall–Kier alpha value is -1.79. The number of nitrogens with one attached hydrogen (secondary N) is 1. The molecule has 3 rings (SSSR count). The topological polar surface area (TPSA) is 60.2 Å². The van der Waals surface area contributed by atoms with E-state index >= 15 is 0 Å². The zero-order valence-electron chi connectivity index (χ0n) is 11.2. The first-order valence-corrected chi connectivity index (χ1v) is 6.62. The third kappa shape index (κ3) is 2.86. The molecule has 1 aromatic carbocycles. The van der Waals surface area contributed by atoms with E-state index in [1.54, 1.807) is 6.07 Å². The van der Waals surface area contributed by atoms with Crippen LogP contribution < -0.4 is 5.32 Å². The van der Waals surface area contributed by atoms with Gasteiger partial charge in [0.2, 0.25) is 11.7 Å². The van der Waals surface area contributed by atoms with Crippen LogP contribution >= 0.6 is 0 Å². The number of halogens is 1. The number of morpholine rings is 1. The standard InChI is InChI=1S/C14H16FN3O2/c1-9-6-10(15)2-3-12(9)14-17-13(20-18-14)7-11-8-19-5-4-16-11/h2-3,6,11,16H,4-5,7-8H2,1H3. The predicted octanol–water partition coefficient (Wildman–Crippen LogP) is 1.72. The summed E-state index contributed by atoms with van der Waals surface area (Å²) in [6, 6.07) is 4.73. The Balaban J connectivity index is 1.75. The third-order valence-electron chi connectivity index (χ3n) is 3.32. The SMILES string of the molecule is Cc1cc(F)ccc1-c1noc(CC2COCCN2)n1. The van der Waals surface area contributed by atoms with Crippen molar-refractivity contribution in [2.75, 3.05) is 19.8 Å². The molecule has 1 N–H and O–H groups in total. The molecule has 2 aromatic rings. The lowest BCUT2D eigenvalue weighted by Gasteiger charge is -2.22. The van der Waals surface area contributed by atoms with Gasteiger partial charge >= 0.3 is 0 Å². The summed E-state index contributed by atoms with van der Waals surface area (Å²) in [7, 11) is 0. The third-order valence-corrected chi connectivity index (χ3v) is 3.32. The van der Waals surface area contributed by atoms with Gasteiger partial charge in [-0.15, -0.1) is 0 Å². The van der Waals surface area contributed by atoms with Crippen LogP contribution in [0, 0.1) is 12.7 Å². The van der Waals surface area contributed by atoms with Gasteiger partial charge in [0.1, 0.15) is 5.82 Å². The van der Waals surface area contributed by atoms with Gasteiger partial charge in [0.05, 0.1) is 13.2 Å². The Bertz CT molecular complexity index is 594. The first-order valence-electron chi connectivity index (χ1n) is 6.62. The van der Waals surface area contributed by atoms with Gasteiger partial charge in [-0.2, -0.15) is 4.98 Å². The molecule has 6 heteroatoms. The highest BCUT2D eigenvalue weighted by Gasteiger charge is 2.18. The molecule has 1 fully saturated rings. The van der Waals surface area contributed by atoms with Crippen molar-refractivity contribution in [2.45, 2.75) is 19.4 Å². The highest BCUT2D eigenvalue weighted by atomic mass is 19.1. The van der Waals surface area contributed by atoms with E-state index in [2.05, 4.69) is 15.5 Å². The lowest BCUT2D eigenvalue weighted by molar-refractivity contribution is 0.0744. The Morgan fingerprint density at radius 2 is 2.35 bits per heavy atom. The summed E-state index contributed by atoms with van der Waals surface area (Å²) < 4.78 is 23.7. The number of rotatable bonds is 3. The average molecular weight is 277 g/mol. The minimum Gasteiger partial charge on any atom is -0.378 e. The highest BCUT2D eigenvalue weighted by molar-refractivity contribution is 5.59. The summed E-state index contributed by atoms with van der Waals surface area (Å²) in [5.74, 6) is 0.791. The Morgan fingerprint density at radius 3 is 3.10 bits per heavy atom. The van der Waals surface area contributed by atoms with E-state index in [1.807, 2.05) is 6.92 Å². The van der Waals surface area contributed by atoms with Gasteiger partial charge in [-0.25, -0.2) is 4.39 Å². The molecule has 0 spiro atoms. The first kappa shape index (κ1) is 13.2. The molecule has 0 saturated carbocycles. The quantitative estimate of drug-likeness (QED) is 0.925. The van der Waals surface area contributed by atoms with Gasteiger partial charge in [0.25, 0.3) is 0 Å². The van der Waals surface area contributed by atoms with Crippen molar-refractivity contribution in [1.82, 2.24) is 15.5 Å². The summed E-state index contributed by atoms with van der Waals surface area (Å²) >= 11 is 0. The van der Waals surface area contributed by atoms with Crippen LogP contribution in [0.15, 0.2) is 22.7 Å². The van der Waals surface area contributed by atoms with Crippen molar-refractivity contribution in [3.05, 3.63) is 35.5 Å². The van der Waals surface area contributed by atoms with Crippen LogP contribution in [0.1, 0.15) is 11.5 Å². The van der Waals surface area contributed by atoms with E-state index in [-0.39, 0.29) is 11.9 Å².